The van der Waals surface area contributed by atoms with Gasteiger partial charge in [-0.15, -0.1) is 22.7 Å². The minimum Gasteiger partial charge on any atom is -0.382 e. The van der Waals surface area contributed by atoms with Crippen LogP contribution in [0.3, 0.4) is 0 Å². The fourth-order valence-electron chi connectivity index (χ4n) is 2.93. The molecular formula is C20H27N3O3S2. The predicted molar refractivity (Wildman–Crippen MR) is 119 cm³/mol. The second-order valence-corrected chi connectivity index (χ2v) is 8.78. The van der Waals surface area contributed by atoms with E-state index < -0.39 is 0 Å². The molecule has 152 valence electrons. The molecule has 1 aliphatic heterocycles. The van der Waals surface area contributed by atoms with Gasteiger partial charge in [0.2, 0.25) is 0 Å². The van der Waals surface area contributed by atoms with Crippen LogP contribution in [-0.4, -0.2) is 63.7 Å². The SMILES string of the molecule is CCCN(CCOCCOC)c1cc2sc(/C=C3\N=C(C)N(C)C3=O)cc2s1. The van der Waals surface area contributed by atoms with E-state index in [1.807, 2.05) is 13.0 Å². The van der Waals surface area contributed by atoms with Gasteiger partial charge in [0.15, 0.2) is 0 Å². The van der Waals surface area contributed by atoms with Crippen molar-refractivity contribution < 1.29 is 14.3 Å². The lowest BCUT2D eigenvalue weighted by Gasteiger charge is -2.22. The third-order valence-corrected chi connectivity index (χ3v) is 6.83. The third-order valence-electron chi connectivity index (χ3n) is 4.53. The van der Waals surface area contributed by atoms with Crippen LogP contribution in [0.5, 0.6) is 0 Å². The van der Waals surface area contributed by atoms with Crippen LogP contribution in [0.4, 0.5) is 5.00 Å². The van der Waals surface area contributed by atoms with Crippen molar-refractivity contribution >= 4 is 54.9 Å². The van der Waals surface area contributed by atoms with Crippen LogP contribution in [0, 0.1) is 0 Å². The highest BCUT2D eigenvalue weighted by molar-refractivity contribution is 7.30. The Labute approximate surface area is 174 Å². The fourth-order valence-corrected chi connectivity index (χ4v) is 5.32. The summed E-state index contributed by atoms with van der Waals surface area (Å²) in [4.78, 5) is 21.6. The minimum absolute atomic E-state index is 0.0439. The Morgan fingerprint density at radius 2 is 1.96 bits per heavy atom. The largest absolute Gasteiger partial charge is 0.382 e. The number of carbonyl (C=O) groups excluding carboxylic acids is 1. The predicted octanol–water partition coefficient (Wildman–Crippen LogP) is 4.07. The number of methoxy groups -OCH3 is 1. The molecule has 0 N–H and O–H groups in total. The highest BCUT2D eigenvalue weighted by Gasteiger charge is 2.24. The van der Waals surface area contributed by atoms with E-state index in [4.69, 9.17) is 9.47 Å². The number of ether oxygens (including phenoxy) is 2. The first kappa shape index (κ1) is 21.0. The highest BCUT2D eigenvalue weighted by Crippen LogP contribution is 2.39. The van der Waals surface area contributed by atoms with Crippen LogP contribution in [0.1, 0.15) is 25.1 Å². The summed E-state index contributed by atoms with van der Waals surface area (Å²) in [7, 11) is 3.44. The summed E-state index contributed by atoms with van der Waals surface area (Å²) in [5.41, 5.74) is 0.509. The van der Waals surface area contributed by atoms with Gasteiger partial charge in [0.05, 0.1) is 24.8 Å². The van der Waals surface area contributed by atoms with Crippen LogP contribution in [0.25, 0.3) is 15.5 Å². The minimum atomic E-state index is -0.0439. The Morgan fingerprint density at radius 1 is 1.18 bits per heavy atom. The Balaban J connectivity index is 1.70. The highest BCUT2D eigenvalue weighted by atomic mass is 32.1. The molecule has 0 radical (unpaired) electrons. The number of hydrogen-bond acceptors (Lipinski definition) is 7. The zero-order chi connectivity index (χ0) is 20.1. The number of amidine groups is 1. The van der Waals surface area contributed by atoms with Crippen molar-refractivity contribution in [1.82, 2.24) is 4.90 Å². The molecule has 0 spiro atoms. The fraction of sp³-hybridized carbons (Fsp3) is 0.500. The third kappa shape index (κ3) is 4.81. The average molecular weight is 422 g/mol. The number of carbonyl (C=O) groups is 1. The Hall–Kier alpha value is -1.74. The number of fused-ring (bicyclic) bond motifs is 1. The van der Waals surface area contributed by atoms with Crippen molar-refractivity contribution in [3.63, 3.8) is 0 Å². The smallest absolute Gasteiger partial charge is 0.277 e. The summed E-state index contributed by atoms with van der Waals surface area (Å²) in [6, 6.07) is 4.39. The molecule has 8 heteroatoms. The Kier molecular flexibility index (Phi) is 7.23. The number of nitrogens with zero attached hydrogens (tertiary/aromatic N) is 3. The van der Waals surface area contributed by atoms with Crippen LogP contribution < -0.4 is 4.90 Å². The molecule has 2 aromatic rings. The van der Waals surface area contributed by atoms with Gasteiger partial charge in [-0.2, -0.15) is 0 Å². The van der Waals surface area contributed by atoms with Gasteiger partial charge in [0.1, 0.15) is 11.5 Å². The van der Waals surface area contributed by atoms with Gasteiger partial charge in [-0.25, -0.2) is 4.99 Å². The molecule has 1 amide bonds. The van der Waals surface area contributed by atoms with Crippen molar-refractivity contribution in [1.29, 1.82) is 0 Å². The second kappa shape index (κ2) is 9.65. The average Bonchev–Trinajstić information content (AvgIpc) is 3.29. The Bertz CT molecular complexity index is 853. The molecule has 2 aromatic heterocycles. The first-order valence-corrected chi connectivity index (χ1v) is 11.1. The molecule has 0 aromatic carbocycles. The number of anilines is 1. The number of thiophene rings is 2. The number of hydrogen-bond donors (Lipinski definition) is 0. The van der Waals surface area contributed by atoms with Crippen LogP contribution in [0.15, 0.2) is 22.8 Å². The summed E-state index contributed by atoms with van der Waals surface area (Å²) in [5.74, 6) is 0.692. The van der Waals surface area contributed by atoms with E-state index >= 15 is 0 Å². The van der Waals surface area contributed by atoms with E-state index in [1.165, 1.54) is 14.4 Å². The van der Waals surface area contributed by atoms with Crippen molar-refractivity contribution in [3.05, 3.63) is 22.7 Å². The summed E-state index contributed by atoms with van der Waals surface area (Å²) in [6.45, 7) is 7.87. The van der Waals surface area contributed by atoms with Crippen LogP contribution in [-0.2, 0) is 14.3 Å². The van der Waals surface area contributed by atoms with Crippen LogP contribution in [0.2, 0.25) is 0 Å². The van der Waals surface area contributed by atoms with Gasteiger partial charge in [-0.3, -0.25) is 9.69 Å². The summed E-state index contributed by atoms with van der Waals surface area (Å²) < 4.78 is 13.1. The monoisotopic (exact) mass is 421 g/mol. The standard InChI is InChI=1S/C20H27N3O3S2/c1-5-6-23(7-8-26-10-9-25-4)19-13-18-17(28-19)12-15(27-18)11-16-20(24)22(3)14(2)21-16/h11-13H,5-10H2,1-4H3/b16-11-. The molecule has 6 nitrogen and oxygen atoms in total. The quantitative estimate of drug-likeness (QED) is 0.429. The van der Waals surface area contributed by atoms with E-state index in [-0.39, 0.29) is 5.91 Å². The molecule has 3 heterocycles. The van der Waals surface area contributed by atoms with Crippen molar-refractivity contribution in [2.45, 2.75) is 20.3 Å². The Morgan fingerprint density at radius 3 is 2.61 bits per heavy atom. The number of likely N-dealkylation sites (N-methyl/N-ethyl adjacent to an activating group) is 1. The molecule has 0 atom stereocenters. The van der Waals surface area contributed by atoms with Gasteiger partial charge in [-0.05, 0) is 31.6 Å². The normalized spacial score (nSPS) is 15.9. The summed E-state index contributed by atoms with van der Waals surface area (Å²) in [6.07, 6.45) is 2.98. The zero-order valence-corrected chi connectivity index (χ0v) is 18.5. The van der Waals surface area contributed by atoms with Gasteiger partial charge in [0.25, 0.3) is 5.91 Å². The topological polar surface area (TPSA) is 54.4 Å². The zero-order valence-electron chi connectivity index (χ0n) is 16.9. The molecular weight excluding hydrogens is 394 g/mol. The lowest BCUT2D eigenvalue weighted by atomic mass is 10.3. The van der Waals surface area contributed by atoms with Crippen LogP contribution >= 0.6 is 22.7 Å². The van der Waals surface area contributed by atoms with E-state index in [9.17, 15) is 4.79 Å². The lowest BCUT2D eigenvalue weighted by Crippen LogP contribution is -2.27. The number of amides is 1. The molecule has 1 aliphatic rings. The van der Waals surface area contributed by atoms with Gasteiger partial charge < -0.3 is 14.4 Å². The number of aliphatic imine (C=N–C) groups is 1. The molecule has 28 heavy (non-hydrogen) atoms. The van der Waals surface area contributed by atoms with E-state index in [0.717, 1.165) is 30.2 Å². The molecule has 0 aliphatic carbocycles. The van der Waals surface area contributed by atoms with Gasteiger partial charge in [0, 0.05) is 41.5 Å². The van der Waals surface area contributed by atoms with E-state index in [1.54, 1.807) is 41.7 Å². The first-order valence-electron chi connectivity index (χ1n) is 9.43. The molecule has 0 bridgehead atoms. The maximum Gasteiger partial charge on any atom is 0.277 e. The first-order chi connectivity index (χ1) is 13.5. The molecule has 3 rings (SSSR count). The maximum atomic E-state index is 12.2. The van der Waals surface area contributed by atoms with E-state index in [2.05, 4.69) is 28.9 Å². The van der Waals surface area contributed by atoms with Gasteiger partial charge >= 0.3 is 0 Å². The maximum absolute atomic E-state index is 12.2. The summed E-state index contributed by atoms with van der Waals surface area (Å²) >= 11 is 3.49. The second-order valence-electron chi connectivity index (χ2n) is 6.61. The van der Waals surface area contributed by atoms with Crippen molar-refractivity contribution in [2.75, 3.05) is 52.0 Å². The molecule has 0 fully saturated rings. The summed E-state index contributed by atoms with van der Waals surface area (Å²) in [5, 5.41) is 1.27. The number of rotatable bonds is 10. The van der Waals surface area contributed by atoms with Crippen molar-refractivity contribution in [2.24, 2.45) is 4.99 Å². The van der Waals surface area contributed by atoms with E-state index in [0.29, 0.717) is 25.5 Å². The lowest BCUT2D eigenvalue weighted by molar-refractivity contribution is -0.121. The van der Waals surface area contributed by atoms with Crippen molar-refractivity contribution in [3.8, 4) is 0 Å². The van der Waals surface area contributed by atoms with Gasteiger partial charge in [-0.1, -0.05) is 6.92 Å². The molecule has 0 saturated carbocycles. The molecule has 0 saturated heterocycles. The molecule has 0 unspecified atom stereocenters.